The van der Waals surface area contributed by atoms with E-state index >= 15 is 0 Å². The number of halogens is 3. The minimum atomic E-state index is -4.55. The number of imidazole rings is 1. The number of hydrogen-bond donors (Lipinski definition) is 2. The molecule has 2 aromatic carbocycles. The second-order valence-electron chi connectivity index (χ2n) is 9.45. The van der Waals surface area contributed by atoms with E-state index in [2.05, 4.69) is 20.6 Å². The number of amides is 2. The minimum Gasteiger partial charge on any atom is -0.457 e. The van der Waals surface area contributed by atoms with Gasteiger partial charge in [0, 0.05) is 63.9 Å². The number of benzene rings is 2. The van der Waals surface area contributed by atoms with E-state index in [1.807, 2.05) is 0 Å². The molecule has 1 aliphatic rings. The molecule has 0 aliphatic carbocycles. The average Bonchev–Trinajstić information content (AvgIpc) is 3.36. The molecule has 0 saturated carbocycles. The van der Waals surface area contributed by atoms with Gasteiger partial charge >= 0.3 is 6.18 Å². The molecule has 0 bridgehead atoms. The molecule has 0 radical (unpaired) electrons. The van der Waals surface area contributed by atoms with Crippen LogP contribution in [0.1, 0.15) is 30.4 Å². The van der Waals surface area contributed by atoms with Crippen molar-refractivity contribution in [1.29, 1.82) is 0 Å². The van der Waals surface area contributed by atoms with E-state index < -0.39 is 11.7 Å². The quantitative estimate of drug-likeness (QED) is 0.340. The van der Waals surface area contributed by atoms with Crippen molar-refractivity contribution in [3.05, 3.63) is 65.9 Å². The van der Waals surface area contributed by atoms with Gasteiger partial charge in [0.15, 0.2) is 0 Å². The van der Waals surface area contributed by atoms with E-state index in [4.69, 9.17) is 4.74 Å². The SMILES string of the molecule is CC(=O)Nc1cc(Oc2ccc3nc(Nc4cc([C@H]5CC(=O)N(C)C5)cc(C(F)(F)F)c4)n(C)c3c2)ccn1. The standard InChI is InChI=1S/C27H25F3N6O3/c1-15(37)32-24-13-21(6-7-31-24)39-20-4-5-22-23(12-20)36(3)26(34-22)33-19-9-16(8-18(11-19)27(28,29)30)17-10-25(38)35(2)14-17/h4-9,11-13,17H,10,14H2,1-3H3,(H,33,34)(H,31,32,37)/t17-/m0/s1. The lowest BCUT2D eigenvalue weighted by molar-refractivity contribution is -0.137. The van der Waals surface area contributed by atoms with E-state index in [9.17, 15) is 22.8 Å². The number of carbonyl (C=O) groups is 2. The number of fused-ring (bicyclic) bond motifs is 1. The van der Waals surface area contributed by atoms with E-state index in [0.717, 1.165) is 12.1 Å². The van der Waals surface area contributed by atoms with Crippen molar-refractivity contribution in [3.8, 4) is 11.5 Å². The molecule has 1 aliphatic heterocycles. The van der Waals surface area contributed by atoms with Crippen molar-refractivity contribution < 1.29 is 27.5 Å². The van der Waals surface area contributed by atoms with Gasteiger partial charge in [0.25, 0.3) is 0 Å². The monoisotopic (exact) mass is 538 g/mol. The second kappa shape index (κ2) is 9.93. The third-order valence-corrected chi connectivity index (χ3v) is 6.47. The molecule has 12 heteroatoms. The van der Waals surface area contributed by atoms with Gasteiger partial charge in [-0.05, 0) is 42.0 Å². The first-order chi connectivity index (χ1) is 18.5. The number of anilines is 3. The third kappa shape index (κ3) is 5.64. The summed E-state index contributed by atoms with van der Waals surface area (Å²) in [6.45, 7) is 1.74. The van der Waals surface area contributed by atoms with Crippen LogP contribution in [-0.2, 0) is 22.8 Å². The summed E-state index contributed by atoms with van der Waals surface area (Å²) in [4.78, 5) is 33.4. The number of aromatic nitrogens is 3. The maximum atomic E-state index is 13.7. The van der Waals surface area contributed by atoms with E-state index in [1.54, 1.807) is 55.1 Å². The minimum absolute atomic E-state index is 0.0987. The predicted octanol–water partition coefficient (Wildman–Crippen LogP) is 5.43. The highest BCUT2D eigenvalue weighted by Gasteiger charge is 2.34. The van der Waals surface area contributed by atoms with E-state index in [-0.39, 0.29) is 29.8 Å². The van der Waals surface area contributed by atoms with Crippen LogP contribution in [0.3, 0.4) is 0 Å². The van der Waals surface area contributed by atoms with Crippen molar-refractivity contribution >= 4 is 40.3 Å². The number of nitrogens with one attached hydrogen (secondary N) is 2. The number of rotatable bonds is 6. The molecule has 1 atom stereocenters. The molecule has 5 rings (SSSR count). The molecule has 2 N–H and O–H groups in total. The Labute approximate surface area is 221 Å². The van der Waals surface area contributed by atoms with Gasteiger partial charge in [-0.1, -0.05) is 0 Å². The number of hydrogen-bond acceptors (Lipinski definition) is 6. The molecule has 2 aromatic heterocycles. The summed E-state index contributed by atoms with van der Waals surface area (Å²) in [5.74, 6) is 0.955. The molecule has 0 spiro atoms. The Morgan fingerprint density at radius 1 is 1.08 bits per heavy atom. The third-order valence-electron chi connectivity index (χ3n) is 6.47. The molecule has 0 unspecified atom stereocenters. The Morgan fingerprint density at radius 2 is 1.85 bits per heavy atom. The van der Waals surface area contributed by atoms with Crippen LogP contribution in [0.4, 0.5) is 30.6 Å². The maximum Gasteiger partial charge on any atom is 0.416 e. The van der Waals surface area contributed by atoms with Crippen LogP contribution in [0.2, 0.25) is 0 Å². The van der Waals surface area contributed by atoms with Crippen LogP contribution in [0, 0.1) is 0 Å². The van der Waals surface area contributed by atoms with Crippen LogP contribution in [-0.4, -0.2) is 44.8 Å². The Bertz CT molecular complexity index is 1580. The van der Waals surface area contributed by atoms with Crippen LogP contribution >= 0.6 is 0 Å². The normalized spacial score (nSPS) is 15.6. The fraction of sp³-hybridized carbons (Fsp3) is 0.259. The summed E-state index contributed by atoms with van der Waals surface area (Å²) >= 11 is 0. The zero-order valence-corrected chi connectivity index (χ0v) is 21.3. The number of alkyl halides is 3. The number of carbonyl (C=O) groups excluding carboxylic acids is 2. The number of likely N-dealkylation sites (tertiary alicyclic amines) is 1. The number of likely N-dealkylation sites (N-methyl/N-ethyl adjacent to an activating group) is 1. The molecule has 3 heterocycles. The Balaban J connectivity index is 1.43. The second-order valence-corrected chi connectivity index (χ2v) is 9.45. The topological polar surface area (TPSA) is 101 Å². The van der Waals surface area contributed by atoms with Crippen molar-refractivity contribution in [2.45, 2.75) is 25.4 Å². The largest absolute Gasteiger partial charge is 0.457 e. The van der Waals surface area contributed by atoms with Crippen molar-refractivity contribution in [1.82, 2.24) is 19.4 Å². The first-order valence-electron chi connectivity index (χ1n) is 12.1. The van der Waals surface area contributed by atoms with Gasteiger partial charge in [0.05, 0.1) is 16.6 Å². The Morgan fingerprint density at radius 3 is 2.54 bits per heavy atom. The van der Waals surface area contributed by atoms with Crippen LogP contribution < -0.4 is 15.4 Å². The van der Waals surface area contributed by atoms with Gasteiger partial charge in [-0.2, -0.15) is 13.2 Å². The first-order valence-corrected chi connectivity index (χ1v) is 12.1. The molecule has 1 fully saturated rings. The average molecular weight is 539 g/mol. The summed E-state index contributed by atoms with van der Waals surface area (Å²) in [7, 11) is 3.38. The molecule has 202 valence electrons. The van der Waals surface area contributed by atoms with Crippen LogP contribution in [0.15, 0.2) is 54.7 Å². The summed E-state index contributed by atoms with van der Waals surface area (Å²) in [5.41, 5.74) is 1.15. The van der Waals surface area contributed by atoms with Crippen LogP contribution in [0.25, 0.3) is 11.0 Å². The number of ether oxygens (including phenoxy) is 1. The van der Waals surface area contributed by atoms with Gasteiger partial charge in [-0.15, -0.1) is 0 Å². The lowest BCUT2D eigenvalue weighted by atomic mass is 9.95. The molecular weight excluding hydrogens is 513 g/mol. The number of nitrogens with zero attached hydrogens (tertiary/aromatic N) is 4. The molecule has 4 aromatic rings. The lowest BCUT2D eigenvalue weighted by Gasteiger charge is -2.17. The van der Waals surface area contributed by atoms with Gasteiger partial charge in [-0.25, -0.2) is 9.97 Å². The highest BCUT2D eigenvalue weighted by Crippen LogP contribution is 2.37. The lowest BCUT2D eigenvalue weighted by Crippen LogP contribution is -2.18. The summed E-state index contributed by atoms with van der Waals surface area (Å²) in [6, 6.07) is 12.2. The summed E-state index contributed by atoms with van der Waals surface area (Å²) < 4.78 is 48.8. The molecule has 2 amide bonds. The molecule has 1 saturated heterocycles. The smallest absolute Gasteiger partial charge is 0.416 e. The van der Waals surface area contributed by atoms with Crippen molar-refractivity contribution in [3.63, 3.8) is 0 Å². The highest BCUT2D eigenvalue weighted by atomic mass is 19.4. The fourth-order valence-corrected chi connectivity index (χ4v) is 4.54. The van der Waals surface area contributed by atoms with E-state index in [0.29, 0.717) is 46.4 Å². The van der Waals surface area contributed by atoms with E-state index in [1.165, 1.54) is 18.0 Å². The summed E-state index contributed by atoms with van der Waals surface area (Å²) in [6.07, 6.45) is -2.88. The first kappa shape index (κ1) is 26.0. The van der Waals surface area contributed by atoms with Crippen molar-refractivity contribution in [2.24, 2.45) is 7.05 Å². The van der Waals surface area contributed by atoms with Gasteiger partial charge in [-0.3, -0.25) is 9.59 Å². The zero-order chi connectivity index (χ0) is 27.9. The molecular formula is C27H25F3N6O3. The maximum absolute atomic E-state index is 13.7. The predicted molar refractivity (Wildman–Crippen MR) is 139 cm³/mol. The fourth-order valence-electron chi connectivity index (χ4n) is 4.54. The van der Waals surface area contributed by atoms with Crippen LogP contribution in [0.5, 0.6) is 11.5 Å². The van der Waals surface area contributed by atoms with Gasteiger partial charge in [0.2, 0.25) is 17.8 Å². The van der Waals surface area contributed by atoms with Gasteiger partial charge < -0.3 is 24.8 Å². The van der Waals surface area contributed by atoms with Gasteiger partial charge in [0.1, 0.15) is 17.3 Å². The molecule has 39 heavy (non-hydrogen) atoms. The van der Waals surface area contributed by atoms with Crippen molar-refractivity contribution in [2.75, 3.05) is 24.2 Å². The summed E-state index contributed by atoms with van der Waals surface area (Å²) in [5, 5.41) is 5.61. The Hall–Kier alpha value is -4.61. The number of pyridine rings is 1. The highest BCUT2D eigenvalue weighted by molar-refractivity contribution is 5.87. The Kier molecular flexibility index (Phi) is 6.62. The zero-order valence-electron chi connectivity index (χ0n) is 21.3. The molecule has 9 nitrogen and oxygen atoms in total. The number of aryl methyl sites for hydroxylation is 1.